The molecule has 0 fully saturated rings. The molecule has 0 aliphatic carbocycles. The minimum Gasteiger partial charge on any atom is -0.465 e. The minimum atomic E-state index is -1.17. The molecule has 1 aromatic carbocycles. The Hall–Kier alpha value is -1.56. The van der Waals surface area contributed by atoms with Gasteiger partial charge in [-0.05, 0) is 28.1 Å². The van der Waals surface area contributed by atoms with E-state index in [9.17, 15) is 4.79 Å². The molecule has 0 bridgehead atoms. The molecule has 1 aromatic heterocycles. The third kappa shape index (κ3) is 1.44. The maximum absolute atomic E-state index is 10.4. The van der Waals surface area contributed by atoms with E-state index in [2.05, 4.69) is 26.4 Å². The van der Waals surface area contributed by atoms with Gasteiger partial charge in [-0.25, -0.2) is 4.79 Å². The molecule has 0 spiro atoms. The maximum atomic E-state index is 10.4. The van der Waals surface area contributed by atoms with Crippen LogP contribution in [0, 0.1) is 0 Å². The number of hydrogen-bond acceptors (Lipinski definition) is 3. The first-order valence-corrected chi connectivity index (χ1v) is 4.51. The number of nitrogens with zero attached hydrogens (tertiary/aromatic N) is 1. The summed E-state index contributed by atoms with van der Waals surface area (Å²) >= 11 is 3.27. The molecule has 2 rings (SSSR count). The molecule has 1 amide bonds. The normalized spacial score (nSPS) is 10.4. The van der Waals surface area contributed by atoms with E-state index in [1.807, 2.05) is 0 Å². The van der Waals surface area contributed by atoms with Gasteiger partial charge >= 0.3 is 6.09 Å². The molecule has 2 aromatic rings. The van der Waals surface area contributed by atoms with Crippen LogP contribution in [-0.2, 0) is 0 Å². The molecule has 72 valence electrons. The van der Waals surface area contributed by atoms with E-state index < -0.39 is 6.09 Å². The molecule has 5 nitrogen and oxygen atoms in total. The number of carboxylic acid groups (broad SMARTS) is 1. The lowest BCUT2D eigenvalue weighted by Crippen LogP contribution is -2.07. The van der Waals surface area contributed by atoms with Gasteiger partial charge in [0.05, 0.1) is 9.86 Å². The van der Waals surface area contributed by atoms with Crippen molar-refractivity contribution in [2.45, 2.75) is 0 Å². The highest BCUT2D eigenvalue weighted by Gasteiger charge is 2.11. The Balaban J connectivity index is 2.58. The summed E-state index contributed by atoms with van der Waals surface area (Å²) in [7, 11) is 0. The lowest BCUT2D eigenvalue weighted by Gasteiger charge is -1.93. The first-order valence-electron chi connectivity index (χ1n) is 3.72. The van der Waals surface area contributed by atoms with Crippen molar-refractivity contribution in [2.75, 3.05) is 5.32 Å². The van der Waals surface area contributed by atoms with E-state index in [1.165, 1.54) is 0 Å². The molecule has 0 aliphatic heterocycles. The summed E-state index contributed by atoms with van der Waals surface area (Å²) in [6.45, 7) is 0. The van der Waals surface area contributed by atoms with Gasteiger partial charge in [-0.1, -0.05) is 11.2 Å². The second-order valence-electron chi connectivity index (χ2n) is 2.58. The van der Waals surface area contributed by atoms with Crippen molar-refractivity contribution in [3.63, 3.8) is 0 Å². The van der Waals surface area contributed by atoms with Crippen LogP contribution in [0.3, 0.4) is 0 Å². The highest BCUT2D eigenvalue weighted by atomic mass is 79.9. The van der Waals surface area contributed by atoms with Crippen molar-refractivity contribution in [3.8, 4) is 0 Å². The van der Waals surface area contributed by atoms with E-state index >= 15 is 0 Å². The molecule has 1 heterocycles. The number of nitrogens with one attached hydrogen (secondary N) is 1. The van der Waals surface area contributed by atoms with E-state index in [1.54, 1.807) is 18.2 Å². The standard InChI is InChI=1S/C8H5BrN2O3/c9-5-3-1-2-4-6(5)14-11-7(4)10-8(12)13/h1-3H,(H,10,11)(H,12,13). The van der Waals surface area contributed by atoms with Crippen molar-refractivity contribution >= 4 is 38.8 Å². The van der Waals surface area contributed by atoms with Crippen LogP contribution in [0.1, 0.15) is 0 Å². The number of rotatable bonds is 1. The molecule has 2 N–H and O–H groups in total. The Bertz CT molecular complexity index is 494. The molecular weight excluding hydrogens is 252 g/mol. The van der Waals surface area contributed by atoms with Crippen LogP contribution in [0.15, 0.2) is 27.2 Å². The first-order chi connectivity index (χ1) is 6.68. The smallest absolute Gasteiger partial charge is 0.410 e. The van der Waals surface area contributed by atoms with Gasteiger partial charge in [-0.3, -0.25) is 5.32 Å². The molecule has 0 radical (unpaired) electrons. The van der Waals surface area contributed by atoms with Crippen LogP contribution in [0.4, 0.5) is 10.6 Å². The number of fused-ring (bicyclic) bond motifs is 1. The highest BCUT2D eigenvalue weighted by molar-refractivity contribution is 9.10. The number of carbonyl (C=O) groups is 1. The molecule has 0 atom stereocenters. The van der Waals surface area contributed by atoms with Crippen LogP contribution in [-0.4, -0.2) is 16.4 Å². The fourth-order valence-electron chi connectivity index (χ4n) is 1.12. The summed E-state index contributed by atoms with van der Waals surface area (Å²) < 4.78 is 5.69. The van der Waals surface area contributed by atoms with Gasteiger partial charge in [0.1, 0.15) is 0 Å². The lowest BCUT2D eigenvalue weighted by molar-refractivity contribution is 0.209. The van der Waals surface area contributed by atoms with Crippen LogP contribution in [0.2, 0.25) is 0 Å². The van der Waals surface area contributed by atoms with E-state index in [0.717, 1.165) is 4.47 Å². The van der Waals surface area contributed by atoms with Crippen molar-refractivity contribution in [3.05, 3.63) is 22.7 Å². The molecule has 0 aliphatic rings. The average molecular weight is 257 g/mol. The van der Waals surface area contributed by atoms with Gasteiger partial charge in [0, 0.05) is 0 Å². The Morgan fingerprint density at radius 1 is 1.57 bits per heavy atom. The third-order valence-corrected chi connectivity index (χ3v) is 2.30. The van der Waals surface area contributed by atoms with Crippen LogP contribution in [0.5, 0.6) is 0 Å². The van der Waals surface area contributed by atoms with Gasteiger partial charge in [0.25, 0.3) is 0 Å². The molecule has 0 saturated carbocycles. The van der Waals surface area contributed by atoms with Gasteiger partial charge in [-0.15, -0.1) is 0 Å². The molecule has 14 heavy (non-hydrogen) atoms. The SMILES string of the molecule is O=C(O)Nc1noc2c(Br)cccc12. The van der Waals surface area contributed by atoms with Crippen molar-refractivity contribution in [1.29, 1.82) is 0 Å². The topological polar surface area (TPSA) is 75.4 Å². The van der Waals surface area contributed by atoms with Crippen LogP contribution >= 0.6 is 15.9 Å². The monoisotopic (exact) mass is 256 g/mol. The minimum absolute atomic E-state index is 0.203. The Morgan fingerprint density at radius 3 is 3.07 bits per heavy atom. The zero-order chi connectivity index (χ0) is 10.1. The predicted octanol–water partition coefficient (Wildman–Crippen LogP) is 2.68. The number of halogens is 1. The zero-order valence-electron chi connectivity index (χ0n) is 6.82. The Labute approximate surface area is 86.8 Å². The molecule has 0 unspecified atom stereocenters. The van der Waals surface area contributed by atoms with Gasteiger partial charge in [0.15, 0.2) is 11.4 Å². The number of aromatic nitrogens is 1. The maximum Gasteiger partial charge on any atom is 0.410 e. The Kier molecular flexibility index (Phi) is 2.12. The number of anilines is 1. The fourth-order valence-corrected chi connectivity index (χ4v) is 1.56. The van der Waals surface area contributed by atoms with Crippen LogP contribution < -0.4 is 5.32 Å². The van der Waals surface area contributed by atoms with Crippen molar-refractivity contribution in [1.82, 2.24) is 5.16 Å². The largest absolute Gasteiger partial charge is 0.465 e. The number of benzene rings is 1. The van der Waals surface area contributed by atoms with E-state index in [-0.39, 0.29) is 5.82 Å². The summed E-state index contributed by atoms with van der Waals surface area (Å²) in [5, 5.41) is 14.9. The average Bonchev–Trinajstić information content (AvgIpc) is 2.49. The summed E-state index contributed by atoms with van der Waals surface area (Å²) in [5.41, 5.74) is 0.524. The number of amides is 1. The Morgan fingerprint density at radius 2 is 2.36 bits per heavy atom. The zero-order valence-corrected chi connectivity index (χ0v) is 8.41. The summed E-state index contributed by atoms with van der Waals surface area (Å²) in [4.78, 5) is 10.4. The lowest BCUT2D eigenvalue weighted by atomic mass is 10.2. The summed E-state index contributed by atoms with van der Waals surface area (Å²) in [6, 6.07) is 5.29. The number of hydrogen-bond donors (Lipinski definition) is 2. The van der Waals surface area contributed by atoms with Gasteiger partial charge in [0.2, 0.25) is 0 Å². The van der Waals surface area contributed by atoms with Crippen molar-refractivity contribution < 1.29 is 14.4 Å². The summed E-state index contributed by atoms with van der Waals surface area (Å²) in [5.74, 6) is 0.203. The number of para-hydroxylation sites is 1. The predicted molar refractivity (Wildman–Crippen MR) is 53.4 cm³/mol. The second kappa shape index (κ2) is 3.30. The fraction of sp³-hybridized carbons (Fsp3) is 0. The van der Waals surface area contributed by atoms with Gasteiger partial charge < -0.3 is 9.63 Å². The van der Waals surface area contributed by atoms with E-state index in [0.29, 0.717) is 11.0 Å². The third-order valence-electron chi connectivity index (χ3n) is 1.68. The quantitative estimate of drug-likeness (QED) is 0.823. The first kappa shape index (κ1) is 9.01. The van der Waals surface area contributed by atoms with Crippen LogP contribution in [0.25, 0.3) is 11.0 Å². The highest BCUT2D eigenvalue weighted by Crippen LogP contribution is 2.28. The summed E-state index contributed by atoms with van der Waals surface area (Å²) in [6.07, 6.45) is -1.17. The molecule has 0 saturated heterocycles. The molecule has 6 heteroatoms. The van der Waals surface area contributed by atoms with Crippen molar-refractivity contribution in [2.24, 2.45) is 0 Å². The molecular formula is C8H5BrN2O3. The second-order valence-corrected chi connectivity index (χ2v) is 3.43. The van der Waals surface area contributed by atoms with Gasteiger partial charge in [-0.2, -0.15) is 0 Å². The van der Waals surface area contributed by atoms with E-state index in [4.69, 9.17) is 9.63 Å².